The van der Waals surface area contributed by atoms with Crippen molar-refractivity contribution < 1.29 is 19.3 Å². The second-order valence-electron chi connectivity index (χ2n) is 7.40. The van der Waals surface area contributed by atoms with Gasteiger partial charge >= 0.3 is 0 Å². The average Bonchev–Trinajstić information content (AvgIpc) is 3.25. The van der Waals surface area contributed by atoms with Crippen LogP contribution in [0.3, 0.4) is 0 Å². The lowest BCUT2D eigenvalue weighted by atomic mass is 9.95. The molecular formula is C24H21ClN2O4. The van der Waals surface area contributed by atoms with Gasteiger partial charge in [-0.25, -0.2) is 5.01 Å². The molecule has 0 bridgehead atoms. The first-order valence-corrected chi connectivity index (χ1v) is 10.3. The monoisotopic (exact) mass is 436 g/mol. The number of hydrogen-bond acceptors (Lipinski definition) is 6. The highest BCUT2D eigenvalue weighted by molar-refractivity contribution is 6.31. The predicted octanol–water partition coefficient (Wildman–Crippen LogP) is 5.31. The Morgan fingerprint density at radius 2 is 1.84 bits per heavy atom. The number of benzene rings is 3. The fourth-order valence-corrected chi connectivity index (χ4v) is 4.42. The minimum absolute atomic E-state index is 0.0563. The molecule has 0 unspecified atom stereocenters. The predicted molar refractivity (Wildman–Crippen MR) is 118 cm³/mol. The van der Waals surface area contributed by atoms with Crippen molar-refractivity contribution in [2.45, 2.75) is 18.7 Å². The van der Waals surface area contributed by atoms with Gasteiger partial charge < -0.3 is 19.3 Å². The molecule has 0 fully saturated rings. The van der Waals surface area contributed by atoms with Gasteiger partial charge in [-0.3, -0.25) is 0 Å². The zero-order chi connectivity index (χ0) is 21.5. The number of nitrogens with zero attached hydrogens (tertiary/aromatic N) is 2. The summed E-state index contributed by atoms with van der Waals surface area (Å²) >= 11 is 6.19. The summed E-state index contributed by atoms with van der Waals surface area (Å²) in [6.07, 6.45) is 0.0839. The number of aromatic hydroxyl groups is 1. The van der Waals surface area contributed by atoms with Gasteiger partial charge in [0.25, 0.3) is 0 Å². The Morgan fingerprint density at radius 1 is 1.03 bits per heavy atom. The molecule has 1 N–H and O–H groups in total. The third-order valence-electron chi connectivity index (χ3n) is 5.67. The van der Waals surface area contributed by atoms with Crippen LogP contribution in [0.4, 0.5) is 0 Å². The number of phenols is 1. The summed E-state index contributed by atoms with van der Waals surface area (Å²) in [5.74, 6) is 2.16. The molecule has 0 aliphatic carbocycles. The minimum atomic E-state index is -0.524. The number of fused-ring (bicyclic) bond motifs is 3. The number of ether oxygens (including phenoxy) is 3. The quantitative estimate of drug-likeness (QED) is 0.600. The number of hydrazone groups is 1. The molecule has 0 radical (unpaired) electrons. The highest BCUT2D eigenvalue weighted by atomic mass is 35.5. The first kappa shape index (κ1) is 19.6. The highest BCUT2D eigenvalue weighted by Gasteiger charge is 2.42. The minimum Gasteiger partial charge on any atom is -0.507 e. The SMILES string of the molecule is COc1cccc([C@@H]2Oc3ccccc3[C@H]3CC(c4cc(Cl)ccc4O)=NN32)c1OC. The third kappa shape index (κ3) is 3.24. The Balaban J connectivity index is 1.65. The van der Waals surface area contributed by atoms with E-state index in [-0.39, 0.29) is 11.8 Å². The molecule has 158 valence electrons. The molecule has 2 heterocycles. The summed E-state index contributed by atoms with van der Waals surface area (Å²) in [6.45, 7) is 0. The smallest absolute Gasteiger partial charge is 0.217 e. The molecule has 0 amide bonds. The van der Waals surface area contributed by atoms with Gasteiger partial charge in [-0.15, -0.1) is 0 Å². The lowest BCUT2D eigenvalue weighted by Gasteiger charge is -2.38. The summed E-state index contributed by atoms with van der Waals surface area (Å²) in [7, 11) is 3.22. The van der Waals surface area contributed by atoms with Crippen molar-refractivity contribution >= 4 is 17.3 Å². The average molecular weight is 437 g/mol. The van der Waals surface area contributed by atoms with Gasteiger partial charge in [0, 0.05) is 22.6 Å². The Kier molecular flexibility index (Phi) is 4.87. The van der Waals surface area contributed by atoms with Crippen LogP contribution in [0, 0.1) is 0 Å². The van der Waals surface area contributed by atoms with Gasteiger partial charge in [0.05, 0.1) is 31.5 Å². The molecule has 7 heteroatoms. The lowest BCUT2D eigenvalue weighted by molar-refractivity contribution is -0.0205. The summed E-state index contributed by atoms with van der Waals surface area (Å²) in [5, 5.41) is 17.8. The number of halogens is 1. The topological polar surface area (TPSA) is 63.5 Å². The second kappa shape index (κ2) is 7.71. The van der Waals surface area contributed by atoms with Crippen molar-refractivity contribution in [1.29, 1.82) is 0 Å². The molecule has 0 aromatic heterocycles. The van der Waals surface area contributed by atoms with Crippen LogP contribution in [-0.2, 0) is 0 Å². The molecule has 0 saturated heterocycles. The van der Waals surface area contributed by atoms with Crippen molar-refractivity contribution in [1.82, 2.24) is 5.01 Å². The molecule has 2 aliphatic rings. The van der Waals surface area contributed by atoms with E-state index >= 15 is 0 Å². The van der Waals surface area contributed by atoms with E-state index in [9.17, 15) is 5.11 Å². The summed E-state index contributed by atoms with van der Waals surface area (Å²) < 4.78 is 17.6. The number of hydrogen-bond donors (Lipinski definition) is 1. The fourth-order valence-electron chi connectivity index (χ4n) is 4.25. The van der Waals surface area contributed by atoms with Gasteiger partial charge in [-0.1, -0.05) is 35.9 Å². The van der Waals surface area contributed by atoms with E-state index in [1.54, 1.807) is 32.4 Å². The zero-order valence-corrected chi connectivity index (χ0v) is 17.8. The molecule has 2 atom stereocenters. The van der Waals surface area contributed by atoms with Crippen molar-refractivity contribution in [3.8, 4) is 23.0 Å². The number of phenolic OH excluding ortho intramolecular Hbond substituents is 1. The Labute approximate surface area is 185 Å². The molecule has 3 aromatic carbocycles. The normalized spacial score (nSPS) is 19.2. The summed E-state index contributed by atoms with van der Waals surface area (Å²) in [6, 6.07) is 18.6. The second-order valence-corrected chi connectivity index (χ2v) is 7.84. The summed E-state index contributed by atoms with van der Waals surface area (Å²) in [4.78, 5) is 0. The van der Waals surface area contributed by atoms with Crippen LogP contribution < -0.4 is 14.2 Å². The first-order chi connectivity index (χ1) is 15.1. The lowest BCUT2D eigenvalue weighted by Crippen LogP contribution is -2.34. The van der Waals surface area contributed by atoms with Gasteiger partial charge in [-0.05, 0) is 36.4 Å². The molecule has 6 nitrogen and oxygen atoms in total. The van der Waals surface area contributed by atoms with E-state index in [0.29, 0.717) is 28.5 Å². The molecular weight excluding hydrogens is 416 g/mol. The van der Waals surface area contributed by atoms with Crippen LogP contribution in [0.15, 0.2) is 65.8 Å². The van der Waals surface area contributed by atoms with Crippen LogP contribution in [0.2, 0.25) is 5.02 Å². The fraction of sp³-hybridized carbons (Fsp3) is 0.208. The summed E-state index contributed by atoms with van der Waals surface area (Å²) in [5.41, 5.74) is 3.22. The van der Waals surface area contributed by atoms with Gasteiger partial charge in [0.15, 0.2) is 11.5 Å². The molecule has 31 heavy (non-hydrogen) atoms. The van der Waals surface area contributed by atoms with E-state index in [0.717, 1.165) is 22.6 Å². The zero-order valence-electron chi connectivity index (χ0n) is 17.1. The maximum atomic E-state index is 10.4. The Hall–Kier alpha value is -3.38. The van der Waals surface area contributed by atoms with Crippen LogP contribution >= 0.6 is 11.6 Å². The van der Waals surface area contributed by atoms with Crippen LogP contribution in [0.25, 0.3) is 0 Å². The number of methoxy groups -OCH3 is 2. The maximum Gasteiger partial charge on any atom is 0.217 e. The maximum absolute atomic E-state index is 10.4. The van der Waals surface area contributed by atoms with E-state index in [1.807, 2.05) is 47.5 Å². The molecule has 2 aliphatic heterocycles. The van der Waals surface area contributed by atoms with Gasteiger partial charge in [0.2, 0.25) is 6.23 Å². The van der Waals surface area contributed by atoms with Crippen LogP contribution in [0.5, 0.6) is 23.0 Å². The number of rotatable bonds is 4. The molecule has 0 saturated carbocycles. The van der Waals surface area contributed by atoms with Crippen LogP contribution in [0.1, 0.15) is 35.4 Å². The largest absolute Gasteiger partial charge is 0.507 e. The first-order valence-electron chi connectivity index (χ1n) is 9.92. The van der Waals surface area contributed by atoms with Crippen molar-refractivity contribution in [2.75, 3.05) is 14.2 Å². The molecule has 0 spiro atoms. The van der Waals surface area contributed by atoms with Gasteiger partial charge in [-0.2, -0.15) is 5.10 Å². The highest BCUT2D eigenvalue weighted by Crippen LogP contribution is 2.50. The Bertz CT molecular complexity index is 1180. The Morgan fingerprint density at radius 3 is 2.65 bits per heavy atom. The van der Waals surface area contributed by atoms with E-state index < -0.39 is 6.23 Å². The van der Waals surface area contributed by atoms with Crippen LogP contribution in [-0.4, -0.2) is 30.0 Å². The number of para-hydroxylation sites is 2. The van der Waals surface area contributed by atoms with Gasteiger partial charge in [0.1, 0.15) is 11.5 Å². The van der Waals surface area contributed by atoms with E-state index in [1.165, 1.54) is 0 Å². The van der Waals surface area contributed by atoms with Crippen molar-refractivity contribution in [3.63, 3.8) is 0 Å². The standard InChI is InChI=1S/C24H21ClN2O4/c1-29-22-9-5-7-16(23(22)30-2)24-27-19(15-6-3-4-8-21(15)31-24)13-18(26-27)17-12-14(25)10-11-20(17)28/h3-12,19,24,28H,13H2,1-2H3/t19-,24+/m1/s1. The molecule has 3 aromatic rings. The molecule has 5 rings (SSSR count). The van der Waals surface area contributed by atoms with Crippen molar-refractivity contribution in [2.24, 2.45) is 5.10 Å². The van der Waals surface area contributed by atoms with E-state index in [4.69, 9.17) is 30.9 Å². The third-order valence-corrected chi connectivity index (χ3v) is 5.90. The van der Waals surface area contributed by atoms with Crippen molar-refractivity contribution in [3.05, 3.63) is 82.4 Å². The van der Waals surface area contributed by atoms with E-state index in [2.05, 4.69) is 0 Å².